The highest BCUT2D eigenvalue weighted by atomic mass is 19.1. The molecular weight excluding hydrogens is 553 g/mol. The molecule has 0 aliphatic carbocycles. The first-order chi connectivity index (χ1) is 20.6. The predicted octanol–water partition coefficient (Wildman–Crippen LogP) is 7.94. The molecule has 2 aliphatic heterocycles. The number of piperidine rings is 1. The number of aliphatic carboxylic acids is 1. The fourth-order valence-corrected chi connectivity index (χ4v) is 6.72. The zero-order chi connectivity index (χ0) is 32.0. The molecule has 0 spiro atoms. The monoisotopic (exact) mass is 601 g/mol. The molecule has 236 valence electrons. The number of carbonyl (C=O) groups is 1. The number of halogens is 1. The number of aryl methyl sites for hydroxylation is 3. The first-order valence-electron chi connectivity index (χ1n) is 15.9. The molecule has 0 saturated carbocycles. The molecule has 6 nitrogen and oxygen atoms in total. The highest BCUT2D eigenvalue weighted by Crippen LogP contribution is 2.45. The van der Waals surface area contributed by atoms with Crippen molar-refractivity contribution in [2.45, 2.75) is 99.4 Å². The van der Waals surface area contributed by atoms with Crippen molar-refractivity contribution in [2.75, 3.05) is 24.5 Å². The van der Waals surface area contributed by atoms with E-state index in [2.05, 4.69) is 41.8 Å². The van der Waals surface area contributed by atoms with E-state index >= 15 is 0 Å². The van der Waals surface area contributed by atoms with Crippen LogP contribution in [-0.2, 0) is 29.0 Å². The molecule has 1 N–H and O–H groups in total. The Morgan fingerprint density at radius 2 is 1.73 bits per heavy atom. The van der Waals surface area contributed by atoms with Gasteiger partial charge in [-0.15, -0.1) is 0 Å². The molecule has 1 fully saturated rings. The van der Waals surface area contributed by atoms with E-state index in [0.717, 1.165) is 79.1 Å². The summed E-state index contributed by atoms with van der Waals surface area (Å²) in [5.41, 5.74) is 9.11. The quantitative estimate of drug-likeness (QED) is 0.297. The average Bonchev–Trinajstić information content (AvgIpc) is 2.93. The number of nitrogens with zero attached hydrogens (tertiary/aromatic N) is 3. The van der Waals surface area contributed by atoms with E-state index in [1.807, 2.05) is 53.7 Å². The van der Waals surface area contributed by atoms with Crippen LogP contribution in [0.15, 0.2) is 36.4 Å². The van der Waals surface area contributed by atoms with Gasteiger partial charge in [0.15, 0.2) is 6.10 Å². The summed E-state index contributed by atoms with van der Waals surface area (Å²) < 4.78 is 20.7. The Balaban J connectivity index is 1.57. The topological polar surface area (TPSA) is 65.9 Å². The van der Waals surface area contributed by atoms with E-state index in [0.29, 0.717) is 17.8 Å². The van der Waals surface area contributed by atoms with Gasteiger partial charge >= 0.3 is 5.97 Å². The zero-order valence-electron chi connectivity index (χ0n) is 27.7. The molecular formula is C37H48FN3O3. The maximum atomic E-state index is 14.5. The van der Waals surface area contributed by atoms with E-state index in [4.69, 9.17) is 9.72 Å². The summed E-state index contributed by atoms with van der Waals surface area (Å²) in [6.45, 7) is 20.1. The highest BCUT2D eigenvalue weighted by Gasteiger charge is 2.36. The summed E-state index contributed by atoms with van der Waals surface area (Å²) in [5, 5.41) is 10.5. The number of ether oxygens (including phenoxy) is 1. The van der Waals surface area contributed by atoms with Gasteiger partial charge in [0, 0.05) is 60.8 Å². The number of benzene rings is 2. The lowest BCUT2D eigenvalue weighted by atomic mass is 9.81. The van der Waals surface area contributed by atoms with Gasteiger partial charge in [0.05, 0.1) is 11.3 Å². The molecule has 0 radical (unpaired) electrons. The van der Waals surface area contributed by atoms with E-state index in [1.165, 1.54) is 11.1 Å². The minimum Gasteiger partial charge on any atom is -0.479 e. The van der Waals surface area contributed by atoms with Gasteiger partial charge in [-0.05, 0) is 89.0 Å². The standard InChI is InChI=1S/C37H48FN3O3/c1-23-9-12-30(38)29(19-23)22-40-16-13-26-20-27(10-11-28(26)21-40)31-24(2)39-25(3)32(34(35(42)43)44-36(4,5)6)33(31)41-17-14-37(7,8)15-18-41/h9-12,19-20,34H,13-18,21-22H2,1-8H3,(H,42,43). The van der Waals surface area contributed by atoms with Crippen LogP contribution in [0, 0.1) is 32.0 Å². The van der Waals surface area contributed by atoms with Crippen LogP contribution >= 0.6 is 0 Å². The lowest BCUT2D eigenvalue weighted by Gasteiger charge is -2.41. The summed E-state index contributed by atoms with van der Waals surface area (Å²) >= 11 is 0. The number of hydrogen-bond donors (Lipinski definition) is 1. The number of pyridine rings is 1. The van der Waals surface area contributed by atoms with E-state index in [9.17, 15) is 14.3 Å². The molecule has 3 heterocycles. The Labute approximate surface area is 262 Å². The second kappa shape index (κ2) is 12.2. The summed E-state index contributed by atoms with van der Waals surface area (Å²) in [4.78, 5) is 22.4. The lowest BCUT2D eigenvalue weighted by molar-refractivity contribution is -0.160. The van der Waals surface area contributed by atoms with Gasteiger partial charge in [-0.3, -0.25) is 9.88 Å². The van der Waals surface area contributed by atoms with Crippen LogP contribution in [0.4, 0.5) is 10.1 Å². The third kappa shape index (κ3) is 7.00. The number of rotatable bonds is 7. The molecule has 1 unspecified atom stereocenters. The van der Waals surface area contributed by atoms with Crippen molar-refractivity contribution in [3.05, 3.63) is 81.4 Å². The number of anilines is 1. The summed E-state index contributed by atoms with van der Waals surface area (Å²) in [6, 6.07) is 11.9. The Hall–Kier alpha value is -3.29. The molecule has 5 rings (SSSR count). The smallest absolute Gasteiger partial charge is 0.337 e. The third-order valence-electron chi connectivity index (χ3n) is 9.15. The highest BCUT2D eigenvalue weighted by molar-refractivity contribution is 5.88. The fraction of sp³-hybridized carbons (Fsp3) is 0.514. The van der Waals surface area contributed by atoms with Crippen LogP contribution in [-0.4, -0.2) is 46.2 Å². The largest absolute Gasteiger partial charge is 0.479 e. The van der Waals surface area contributed by atoms with Crippen molar-refractivity contribution in [2.24, 2.45) is 5.41 Å². The lowest BCUT2D eigenvalue weighted by Crippen LogP contribution is -2.39. The third-order valence-corrected chi connectivity index (χ3v) is 9.15. The maximum absolute atomic E-state index is 14.5. The molecule has 7 heteroatoms. The van der Waals surface area contributed by atoms with Crippen molar-refractivity contribution >= 4 is 11.7 Å². The van der Waals surface area contributed by atoms with Gasteiger partial charge in [-0.25, -0.2) is 9.18 Å². The zero-order valence-corrected chi connectivity index (χ0v) is 27.7. The van der Waals surface area contributed by atoms with E-state index < -0.39 is 17.7 Å². The molecule has 1 saturated heterocycles. The molecule has 2 aliphatic rings. The SMILES string of the molecule is Cc1ccc(F)c(CN2CCc3cc(-c4c(C)nc(C)c(C(OC(C)(C)C)C(=O)O)c4N4CCC(C)(C)CC4)ccc3C2)c1. The normalized spacial score (nSPS) is 17.8. The van der Waals surface area contributed by atoms with Crippen LogP contribution in [0.5, 0.6) is 0 Å². The van der Waals surface area contributed by atoms with Crippen molar-refractivity contribution in [1.29, 1.82) is 0 Å². The summed E-state index contributed by atoms with van der Waals surface area (Å²) in [6.07, 6.45) is 1.76. The number of hydrogen-bond acceptors (Lipinski definition) is 5. The van der Waals surface area contributed by atoms with Gasteiger partial charge < -0.3 is 14.7 Å². The van der Waals surface area contributed by atoms with Gasteiger partial charge in [-0.1, -0.05) is 49.7 Å². The number of aromatic nitrogens is 1. The van der Waals surface area contributed by atoms with Crippen LogP contribution in [0.1, 0.15) is 92.8 Å². The van der Waals surface area contributed by atoms with E-state index in [1.54, 1.807) is 6.07 Å². The molecule has 1 aromatic heterocycles. The number of carboxylic acid groups (broad SMARTS) is 1. The van der Waals surface area contributed by atoms with Gasteiger partial charge in [0.2, 0.25) is 0 Å². The van der Waals surface area contributed by atoms with Crippen molar-refractivity contribution < 1.29 is 19.0 Å². The molecule has 0 bridgehead atoms. The van der Waals surface area contributed by atoms with Crippen molar-refractivity contribution in [1.82, 2.24) is 9.88 Å². The molecule has 3 aromatic rings. The second-order valence-electron chi connectivity index (χ2n) is 14.6. The Kier molecular flexibility index (Phi) is 8.94. The Bertz CT molecular complexity index is 1550. The first-order valence-corrected chi connectivity index (χ1v) is 15.9. The average molecular weight is 602 g/mol. The summed E-state index contributed by atoms with van der Waals surface area (Å²) in [7, 11) is 0. The maximum Gasteiger partial charge on any atom is 0.337 e. The molecule has 0 amide bonds. The molecule has 1 atom stereocenters. The van der Waals surface area contributed by atoms with Crippen LogP contribution < -0.4 is 4.90 Å². The summed E-state index contributed by atoms with van der Waals surface area (Å²) in [5.74, 6) is -1.16. The van der Waals surface area contributed by atoms with Gasteiger partial charge in [0.1, 0.15) is 5.82 Å². The second-order valence-corrected chi connectivity index (χ2v) is 14.6. The van der Waals surface area contributed by atoms with Crippen molar-refractivity contribution in [3.63, 3.8) is 0 Å². The molecule has 2 aromatic carbocycles. The first kappa shape index (κ1) is 32.1. The van der Waals surface area contributed by atoms with Crippen LogP contribution in [0.25, 0.3) is 11.1 Å². The van der Waals surface area contributed by atoms with Crippen LogP contribution in [0.3, 0.4) is 0 Å². The number of carboxylic acids is 1. The van der Waals surface area contributed by atoms with Crippen molar-refractivity contribution in [3.8, 4) is 11.1 Å². The Morgan fingerprint density at radius 3 is 2.39 bits per heavy atom. The number of fused-ring (bicyclic) bond motifs is 1. The van der Waals surface area contributed by atoms with Gasteiger partial charge in [-0.2, -0.15) is 0 Å². The van der Waals surface area contributed by atoms with Gasteiger partial charge in [0.25, 0.3) is 0 Å². The van der Waals surface area contributed by atoms with E-state index in [-0.39, 0.29) is 11.2 Å². The van der Waals surface area contributed by atoms with Crippen LogP contribution in [0.2, 0.25) is 0 Å². The fourth-order valence-electron chi connectivity index (χ4n) is 6.72. The Morgan fingerprint density at radius 1 is 1.02 bits per heavy atom. The minimum atomic E-state index is -1.14. The minimum absolute atomic E-state index is 0.154. The molecule has 44 heavy (non-hydrogen) atoms. The predicted molar refractivity (Wildman–Crippen MR) is 175 cm³/mol.